The molecule has 27 heavy (non-hydrogen) atoms. The van der Waals surface area contributed by atoms with Crippen LogP contribution in [0.4, 0.5) is 4.39 Å². The molecule has 1 unspecified atom stereocenters. The van der Waals surface area contributed by atoms with Crippen molar-refractivity contribution in [1.29, 1.82) is 0 Å². The molecular weight excluding hydrogens is 379 g/mol. The van der Waals surface area contributed by atoms with Crippen molar-refractivity contribution in [3.05, 3.63) is 82.0 Å². The van der Waals surface area contributed by atoms with Crippen molar-refractivity contribution in [2.75, 3.05) is 5.75 Å². The van der Waals surface area contributed by atoms with Gasteiger partial charge in [0.2, 0.25) is 0 Å². The van der Waals surface area contributed by atoms with Crippen molar-refractivity contribution in [2.45, 2.75) is 32.6 Å². The highest BCUT2D eigenvalue weighted by atomic mass is 32.2. The van der Waals surface area contributed by atoms with Gasteiger partial charge < -0.3 is 4.55 Å². The smallest absolute Gasteiger partial charge is 0.152 e. The lowest BCUT2D eigenvalue weighted by molar-refractivity contribution is 0.561. The van der Waals surface area contributed by atoms with E-state index in [2.05, 4.69) is 43.3 Å². The van der Waals surface area contributed by atoms with Crippen molar-refractivity contribution in [3.8, 4) is 10.4 Å². The Morgan fingerprint density at radius 2 is 1.67 bits per heavy atom. The summed E-state index contributed by atoms with van der Waals surface area (Å²) in [6, 6.07) is 17.6. The largest absolute Gasteiger partial charge is 0.306 e. The molecule has 142 valence electrons. The van der Waals surface area contributed by atoms with Crippen LogP contribution in [0.2, 0.25) is 0 Å². The normalized spacial score (nSPS) is 12.3. The molecule has 0 aliphatic rings. The average molecular weight is 403 g/mol. The molecule has 0 amide bonds. The monoisotopic (exact) mass is 402 g/mol. The van der Waals surface area contributed by atoms with Gasteiger partial charge >= 0.3 is 0 Å². The first-order valence-electron chi connectivity index (χ1n) is 9.02. The van der Waals surface area contributed by atoms with E-state index in [0.29, 0.717) is 12.2 Å². The van der Waals surface area contributed by atoms with Gasteiger partial charge in [-0.3, -0.25) is 0 Å². The Kier molecular flexibility index (Phi) is 6.94. The van der Waals surface area contributed by atoms with Crippen molar-refractivity contribution < 1.29 is 13.2 Å². The second-order valence-electron chi connectivity index (χ2n) is 6.66. The van der Waals surface area contributed by atoms with Crippen molar-refractivity contribution in [1.82, 2.24) is 0 Å². The van der Waals surface area contributed by atoms with Gasteiger partial charge in [-0.25, -0.2) is 8.60 Å². The van der Waals surface area contributed by atoms with Gasteiger partial charge in [-0.05, 0) is 79.1 Å². The molecule has 1 heterocycles. The van der Waals surface area contributed by atoms with Gasteiger partial charge in [-0.1, -0.05) is 30.3 Å². The second-order valence-corrected chi connectivity index (χ2v) is 9.00. The summed E-state index contributed by atoms with van der Waals surface area (Å²) in [6.07, 6.45) is 3.14. The Morgan fingerprint density at radius 1 is 0.963 bits per heavy atom. The Bertz CT molecular complexity index is 916. The van der Waals surface area contributed by atoms with Gasteiger partial charge in [0.15, 0.2) is 11.1 Å². The molecule has 0 spiro atoms. The Morgan fingerprint density at radius 3 is 2.30 bits per heavy atom. The number of hydrogen-bond donors (Lipinski definition) is 1. The molecule has 2 nitrogen and oxygen atoms in total. The molecule has 0 saturated heterocycles. The summed E-state index contributed by atoms with van der Waals surface area (Å²) in [7, 11) is 0. The summed E-state index contributed by atoms with van der Waals surface area (Å²) in [5, 5.41) is 0. The minimum absolute atomic E-state index is 0.196. The molecular formula is C22H23FO2S2. The maximum Gasteiger partial charge on any atom is 0.152 e. The number of benzene rings is 2. The van der Waals surface area contributed by atoms with E-state index < -0.39 is 11.1 Å². The number of thiophene rings is 1. The van der Waals surface area contributed by atoms with Crippen LogP contribution in [-0.4, -0.2) is 14.5 Å². The number of halogens is 1. The van der Waals surface area contributed by atoms with E-state index in [1.165, 1.54) is 26.9 Å². The predicted octanol–water partition coefficient (Wildman–Crippen LogP) is 5.80. The summed E-state index contributed by atoms with van der Waals surface area (Å²) in [5.41, 5.74) is 4.53. The topological polar surface area (TPSA) is 37.3 Å². The van der Waals surface area contributed by atoms with Gasteiger partial charge in [0.05, 0.1) is 0 Å². The second kappa shape index (κ2) is 9.40. The van der Waals surface area contributed by atoms with Gasteiger partial charge in [0.25, 0.3) is 0 Å². The van der Waals surface area contributed by atoms with Crippen molar-refractivity contribution >= 4 is 22.4 Å². The zero-order valence-corrected chi connectivity index (χ0v) is 16.9. The van der Waals surface area contributed by atoms with Crippen LogP contribution in [0.1, 0.15) is 28.0 Å². The molecule has 0 aliphatic carbocycles. The number of rotatable bonds is 8. The standard InChI is InChI=1S/C22H23FO2S2/c1-16-4-13-22(26-16)21-12-11-20(23)15-19(21)10-9-18-7-5-17(6-8-18)3-2-14-27(24)25/h4-8,11-13,15H,2-3,9-10,14H2,1H3,(H,24,25). The third-order valence-electron chi connectivity index (χ3n) is 4.56. The first-order chi connectivity index (χ1) is 13.0. The minimum atomic E-state index is -1.72. The van der Waals surface area contributed by atoms with Crippen molar-refractivity contribution in [3.63, 3.8) is 0 Å². The molecule has 1 N–H and O–H groups in total. The van der Waals surface area contributed by atoms with Crippen LogP contribution in [0.15, 0.2) is 54.6 Å². The van der Waals surface area contributed by atoms with Crippen LogP contribution in [0.25, 0.3) is 10.4 Å². The predicted molar refractivity (Wildman–Crippen MR) is 112 cm³/mol. The molecule has 3 rings (SSSR count). The maximum absolute atomic E-state index is 13.8. The van der Waals surface area contributed by atoms with E-state index in [0.717, 1.165) is 30.4 Å². The fourth-order valence-corrected chi connectivity index (χ4v) is 4.46. The zero-order chi connectivity index (χ0) is 19.2. The Labute approximate surface area is 166 Å². The molecule has 1 atom stereocenters. The summed E-state index contributed by atoms with van der Waals surface area (Å²) in [5.74, 6) is 0.116. The SMILES string of the molecule is Cc1ccc(-c2ccc(F)cc2CCc2ccc(CCCS(=O)O)cc2)s1. The number of aryl methyl sites for hydroxylation is 4. The maximum atomic E-state index is 13.8. The van der Waals surface area contributed by atoms with E-state index in [9.17, 15) is 8.60 Å². The van der Waals surface area contributed by atoms with Crippen LogP contribution in [0.3, 0.4) is 0 Å². The highest BCUT2D eigenvalue weighted by Crippen LogP contribution is 2.31. The van der Waals surface area contributed by atoms with Gasteiger partial charge in [-0.2, -0.15) is 0 Å². The third kappa shape index (κ3) is 5.83. The molecule has 0 bridgehead atoms. The van der Waals surface area contributed by atoms with Crippen LogP contribution < -0.4 is 0 Å². The Balaban J connectivity index is 1.66. The summed E-state index contributed by atoms with van der Waals surface area (Å²) >= 11 is 0.0157. The van der Waals surface area contributed by atoms with Crippen molar-refractivity contribution in [2.24, 2.45) is 0 Å². The van der Waals surface area contributed by atoms with Crippen LogP contribution in [-0.2, 0) is 30.3 Å². The van der Waals surface area contributed by atoms with Gasteiger partial charge in [-0.15, -0.1) is 11.3 Å². The first kappa shape index (κ1) is 19.9. The molecule has 2 aromatic carbocycles. The molecule has 0 fully saturated rings. The molecule has 0 saturated carbocycles. The van der Waals surface area contributed by atoms with E-state index in [4.69, 9.17) is 4.55 Å². The molecule has 3 aromatic rings. The van der Waals surface area contributed by atoms with Crippen LogP contribution >= 0.6 is 11.3 Å². The first-order valence-corrected chi connectivity index (χ1v) is 11.1. The minimum Gasteiger partial charge on any atom is -0.306 e. The van der Waals surface area contributed by atoms with Crippen LogP contribution in [0, 0.1) is 12.7 Å². The van der Waals surface area contributed by atoms with E-state index in [-0.39, 0.29) is 5.82 Å². The molecule has 0 radical (unpaired) electrons. The van der Waals surface area contributed by atoms with E-state index >= 15 is 0 Å². The number of hydrogen-bond acceptors (Lipinski definition) is 2. The third-order valence-corrected chi connectivity index (χ3v) is 6.24. The fourth-order valence-electron chi connectivity index (χ4n) is 3.14. The molecule has 0 aliphatic heterocycles. The quantitative estimate of drug-likeness (QED) is 0.483. The highest BCUT2D eigenvalue weighted by Gasteiger charge is 2.09. The van der Waals surface area contributed by atoms with Crippen LogP contribution in [0.5, 0.6) is 0 Å². The lowest BCUT2D eigenvalue weighted by atomic mass is 9.98. The van der Waals surface area contributed by atoms with E-state index in [1.54, 1.807) is 17.4 Å². The fraction of sp³-hybridized carbons (Fsp3) is 0.273. The summed E-state index contributed by atoms with van der Waals surface area (Å²) in [6.45, 7) is 2.08. The lowest BCUT2D eigenvalue weighted by Gasteiger charge is -2.09. The van der Waals surface area contributed by atoms with Gasteiger partial charge in [0, 0.05) is 15.5 Å². The Hall–Kier alpha value is -1.82. The average Bonchev–Trinajstić information content (AvgIpc) is 3.07. The summed E-state index contributed by atoms with van der Waals surface area (Å²) < 4.78 is 33.3. The van der Waals surface area contributed by atoms with E-state index in [1.807, 2.05) is 6.07 Å². The zero-order valence-electron chi connectivity index (χ0n) is 15.3. The summed E-state index contributed by atoms with van der Waals surface area (Å²) in [4.78, 5) is 2.43. The lowest BCUT2D eigenvalue weighted by Crippen LogP contribution is -1.98. The molecule has 5 heteroatoms. The highest BCUT2D eigenvalue weighted by molar-refractivity contribution is 7.79. The molecule has 1 aromatic heterocycles. The van der Waals surface area contributed by atoms with Gasteiger partial charge in [0.1, 0.15) is 5.82 Å².